The number of carbonyl (C=O) groups excluding carboxylic acids is 1. The van der Waals surface area contributed by atoms with Crippen LogP contribution in [0.25, 0.3) is 0 Å². The van der Waals surface area contributed by atoms with Gasteiger partial charge >= 0.3 is 18.5 Å². The summed E-state index contributed by atoms with van der Waals surface area (Å²) in [6.45, 7) is 0. The highest BCUT2D eigenvalue weighted by atomic mass is 19.4. The summed E-state index contributed by atoms with van der Waals surface area (Å²) in [5.74, 6) is 0. The molecule has 0 aliphatic carbocycles. The molecule has 1 rings (SSSR count). The molecule has 21 heavy (non-hydrogen) atoms. The monoisotopic (exact) mass is 324 g/mol. The van der Waals surface area contributed by atoms with Gasteiger partial charge in [0.25, 0.3) is 0 Å². The van der Waals surface area contributed by atoms with Crippen LogP contribution in [0.15, 0.2) is 12.1 Å². The average molecular weight is 324 g/mol. The first-order chi connectivity index (χ1) is 9.28. The zero-order chi connectivity index (χ0) is 16.6. The number of benzene rings is 1. The van der Waals surface area contributed by atoms with Gasteiger partial charge in [-0.05, 0) is 17.7 Å². The molecule has 0 aliphatic heterocycles. The van der Waals surface area contributed by atoms with Crippen molar-refractivity contribution < 1.29 is 44.3 Å². The summed E-state index contributed by atoms with van der Waals surface area (Å²) in [6.07, 6.45) is -18.0. The van der Waals surface area contributed by atoms with Crippen LogP contribution in [0.5, 0.6) is 0 Å². The van der Waals surface area contributed by atoms with Crippen LogP contribution in [0.2, 0.25) is 0 Å². The van der Waals surface area contributed by atoms with Gasteiger partial charge in [-0.25, -0.2) is 0 Å². The lowest BCUT2D eigenvalue weighted by molar-refractivity contribution is -0.174. The molecular formula is C11H5F9O. The van der Waals surface area contributed by atoms with Crippen LogP contribution in [0, 0.1) is 0 Å². The van der Waals surface area contributed by atoms with Gasteiger partial charge in [-0.2, -0.15) is 39.5 Å². The number of alkyl halides is 9. The molecule has 1 aromatic carbocycles. The third kappa shape index (κ3) is 3.88. The van der Waals surface area contributed by atoms with E-state index in [-0.39, 0.29) is 18.4 Å². The Labute approximate surface area is 111 Å². The molecule has 0 spiro atoms. The summed E-state index contributed by atoms with van der Waals surface area (Å²) < 4.78 is 114. The molecule has 1 nitrogen and oxygen atoms in total. The van der Waals surface area contributed by atoms with Crippen LogP contribution in [0.1, 0.15) is 22.3 Å². The minimum absolute atomic E-state index is 0.0110. The second-order valence-electron chi connectivity index (χ2n) is 3.93. The Hall–Kier alpha value is -1.74. The Morgan fingerprint density at radius 2 is 1.14 bits per heavy atom. The summed E-state index contributed by atoms with van der Waals surface area (Å²) in [4.78, 5) is 10.2. The molecule has 0 unspecified atom stereocenters. The van der Waals surface area contributed by atoms with Crippen LogP contribution in [0.4, 0.5) is 39.5 Å². The molecule has 0 aromatic heterocycles. The van der Waals surface area contributed by atoms with Gasteiger partial charge in [0, 0.05) is 6.42 Å². The van der Waals surface area contributed by atoms with E-state index in [2.05, 4.69) is 0 Å². The van der Waals surface area contributed by atoms with Gasteiger partial charge in [0.05, 0.1) is 16.7 Å². The Morgan fingerprint density at radius 3 is 1.38 bits per heavy atom. The summed E-state index contributed by atoms with van der Waals surface area (Å²) in [6, 6.07) is -0.209. The van der Waals surface area contributed by atoms with E-state index >= 15 is 0 Å². The van der Waals surface area contributed by atoms with Crippen LogP contribution < -0.4 is 0 Å². The highest BCUT2D eigenvalue weighted by Gasteiger charge is 2.50. The van der Waals surface area contributed by atoms with Crippen molar-refractivity contribution in [2.45, 2.75) is 24.9 Å². The second kappa shape index (κ2) is 5.23. The van der Waals surface area contributed by atoms with Crippen LogP contribution >= 0.6 is 0 Å². The van der Waals surface area contributed by atoms with Crippen molar-refractivity contribution >= 4 is 6.29 Å². The van der Waals surface area contributed by atoms with Gasteiger partial charge in [0.2, 0.25) is 0 Å². The molecule has 0 saturated carbocycles. The zero-order valence-electron chi connectivity index (χ0n) is 9.75. The van der Waals surface area contributed by atoms with Gasteiger partial charge in [-0.3, -0.25) is 0 Å². The van der Waals surface area contributed by atoms with E-state index in [4.69, 9.17) is 0 Å². The normalized spacial score (nSPS) is 13.4. The first-order valence-electron chi connectivity index (χ1n) is 5.10. The van der Waals surface area contributed by atoms with E-state index in [1.54, 1.807) is 0 Å². The lowest BCUT2D eigenvalue weighted by atomic mass is 9.95. The van der Waals surface area contributed by atoms with Crippen molar-refractivity contribution in [3.8, 4) is 0 Å². The number of rotatable bonds is 2. The fourth-order valence-corrected chi connectivity index (χ4v) is 1.67. The lowest BCUT2D eigenvalue weighted by Gasteiger charge is -2.21. The molecule has 10 heteroatoms. The first kappa shape index (κ1) is 17.3. The number of carbonyl (C=O) groups is 1. The molecule has 0 atom stereocenters. The fraction of sp³-hybridized carbons (Fsp3) is 0.364. The summed E-state index contributed by atoms with van der Waals surface area (Å²) in [5.41, 5.74) is -8.56. The molecular weight excluding hydrogens is 319 g/mol. The maximum absolute atomic E-state index is 12.6. The van der Waals surface area contributed by atoms with Crippen molar-refractivity contribution in [2.75, 3.05) is 0 Å². The Kier molecular flexibility index (Phi) is 4.31. The number of aldehydes is 1. The molecule has 0 N–H and O–H groups in total. The Bertz CT molecular complexity index is 501. The maximum atomic E-state index is 12.6. The molecule has 0 fully saturated rings. The largest absolute Gasteiger partial charge is 0.417 e. The third-order valence-corrected chi connectivity index (χ3v) is 2.41. The number of hydrogen-bond donors (Lipinski definition) is 0. The van der Waals surface area contributed by atoms with Crippen molar-refractivity contribution in [3.05, 3.63) is 34.4 Å². The smallest absolute Gasteiger partial charge is 0.303 e. The predicted octanol–water partition coefficient (Wildman–Crippen LogP) is 4.48. The highest BCUT2D eigenvalue weighted by Crippen LogP contribution is 2.47. The van der Waals surface area contributed by atoms with Crippen molar-refractivity contribution in [2.24, 2.45) is 0 Å². The maximum Gasteiger partial charge on any atom is 0.417 e. The van der Waals surface area contributed by atoms with Gasteiger partial charge in [0.15, 0.2) is 0 Å². The average Bonchev–Trinajstić information content (AvgIpc) is 2.24. The molecule has 0 aliphatic rings. The topological polar surface area (TPSA) is 17.1 Å². The Balaban J connectivity index is 3.83. The van der Waals surface area contributed by atoms with E-state index in [0.29, 0.717) is 0 Å². The van der Waals surface area contributed by atoms with E-state index in [1.165, 1.54) is 0 Å². The predicted molar refractivity (Wildman–Crippen MR) is 51.2 cm³/mol. The zero-order valence-corrected chi connectivity index (χ0v) is 9.75. The van der Waals surface area contributed by atoms with E-state index in [9.17, 15) is 44.3 Å². The molecule has 0 bridgehead atoms. The number of halogens is 9. The molecule has 0 radical (unpaired) electrons. The van der Waals surface area contributed by atoms with E-state index in [1.807, 2.05) is 0 Å². The Morgan fingerprint density at radius 1 is 0.762 bits per heavy atom. The van der Waals surface area contributed by atoms with Gasteiger partial charge in [-0.1, -0.05) is 0 Å². The minimum atomic E-state index is -5.85. The summed E-state index contributed by atoms with van der Waals surface area (Å²) in [5, 5.41) is 0. The van der Waals surface area contributed by atoms with Crippen molar-refractivity contribution in [3.63, 3.8) is 0 Å². The molecule has 1 aromatic rings. The quantitative estimate of drug-likeness (QED) is 0.579. The SMILES string of the molecule is O=CCc1cc(C(F)(F)F)c(C(F)(F)F)c(C(F)(F)F)c1. The van der Waals surface area contributed by atoms with E-state index in [0.717, 1.165) is 0 Å². The second-order valence-corrected chi connectivity index (χ2v) is 3.93. The summed E-state index contributed by atoms with van der Waals surface area (Å²) >= 11 is 0. The molecule has 118 valence electrons. The number of hydrogen-bond acceptors (Lipinski definition) is 1. The van der Waals surface area contributed by atoms with Crippen LogP contribution in [-0.2, 0) is 29.7 Å². The molecule has 0 saturated heterocycles. The summed E-state index contributed by atoms with van der Waals surface area (Å²) in [7, 11) is 0. The van der Waals surface area contributed by atoms with Crippen LogP contribution in [-0.4, -0.2) is 6.29 Å². The molecule has 0 amide bonds. The van der Waals surface area contributed by atoms with E-state index < -0.39 is 47.2 Å². The van der Waals surface area contributed by atoms with Crippen LogP contribution in [0.3, 0.4) is 0 Å². The van der Waals surface area contributed by atoms with Gasteiger partial charge in [-0.15, -0.1) is 0 Å². The van der Waals surface area contributed by atoms with Gasteiger partial charge in [0.1, 0.15) is 6.29 Å². The van der Waals surface area contributed by atoms with Crippen molar-refractivity contribution in [1.29, 1.82) is 0 Å². The first-order valence-corrected chi connectivity index (χ1v) is 5.10. The van der Waals surface area contributed by atoms with Gasteiger partial charge < -0.3 is 4.79 Å². The van der Waals surface area contributed by atoms with Crippen molar-refractivity contribution in [1.82, 2.24) is 0 Å². The standard InChI is InChI=1S/C11H5F9O/c12-9(13,14)6-3-5(1-2-21)4-7(10(15,16)17)8(6)11(18,19)20/h2-4H,1H2. The molecule has 0 heterocycles. The lowest BCUT2D eigenvalue weighted by Crippen LogP contribution is -2.23. The fourth-order valence-electron chi connectivity index (χ4n) is 1.67. The third-order valence-electron chi connectivity index (χ3n) is 2.41. The minimum Gasteiger partial charge on any atom is -0.303 e. The highest BCUT2D eigenvalue weighted by molar-refractivity contribution is 5.57.